The molecule has 26 heteroatoms. The topological polar surface area (TPSA) is 313 Å². The molecule has 4 fully saturated rings. The average Bonchev–Trinajstić information content (AvgIpc) is 0.870. The van der Waals surface area contributed by atoms with E-state index in [1.54, 1.807) is 65.8 Å². The summed E-state index contributed by atoms with van der Waals surface area (Å²) in [6, 6.07) is 7.89. The Bertz CT molecular complexity index is 3320. The molecule has 0 radical (unpaired) electrons. The van der Waals surface area contributed by atoms with Crippen molar-refractivity contribution in [1.82, 2.24) is 49.7 Å². The Morgan fingerprint density at radius 2 is 0.833 bits per heavy atom. The fraction of sp³-hybridized carbons (Fsp3) is 0.671. The third-order valence-corrected chi connectivity index (χ3v) is 16.3. The highest BCUT2D eigenvalue weighted by atomic mass is 35.5. The zero-order chi connectivity index (χ0) is 72.1. The first kappa shape index (κ1) is 81.1. The highest BCUT2D eigenvalue weighted by molar-refractivity contribution is 6.37. The van der Waals surface area contributed by atoms with E-state index in [1.807, 2.05) is 69.2 Å². The molecule has 4 aliphatic rings. The largest absolute Gasteiger partial charge is 0.477 e. The number of nitrogens with one attached hydrogen (secondary N) is 1. The maximum Gasteiger partial charge on any atom is 0.375 e. The normalized spacial score (nSPS) is 15.8. The number of ether oxygens (including phenoxy) is 4. The van der Waals surface area contributed by atoms with Gasteiger partial charge in [-0.25, -0.2) is 58.7 Å². The number of halogens is 1. The maximum atomic E-state index is 12.2. The number of aromatic amines is 1. The van der Waals surface area contributed by atoms with E-state index in [2.05, 4.69) is 80.0 Å². The van der Waals surface area contributed by atoms with Crippen LogP contribution in [0.1, 0.15) is 254 Å². The van der Waals surface area contributed by atoms with Gasteiger partial charge in [0.15, 0.2) is 22.8 Å². The van der Waals surface area contributed by atoms with Gasteiger partial charge < -0.3 is 48.6 Å². The zero-order valence-electron chi connectivity index (χ0n) is 60.5. The van der Waals surface area contributed by atoms with E-state index in [-0.39, 0.29) is 75.4 Å². The molecule has 0 aliphatic carbocycles. The van der Waals surface area contributed by atoms with Gasteiger partial charge in [-0.3, -0.25) is 9.59 Å². The second-order valence-corrected chi connectivity index (χ2v) is 29.5. The predicted octanol–water partition coefficient (Wildman–Crippen LogP) is 10.5. The van der Waals surface area contributed by atoms with Crippen molar-refractivity contribution in [1.29, 1.82) is 0 Å². The number of carbonyl (C=O) groups is 7. The van der Waals surface area contributed by atoms with Crippen LogP contribution >= 0.6 is 11.6 Å². The summed E-state index contributed by atoms with van der Waals surface area (Å²) in [6.07, 6.45) is 9.41. The van der Waals surface area contributed by atoms with Crippen molar-refractivity contribution >= 4 is 64.9 Å². The van der Waals surface area contributed by atoms with Gasteiger partial charge in [-0.2, -0.15) is 4.98 Å². The summed E-state index contributed by atoms with van der Waals surface area (Å²) in [6.45, 7) is 45.9. The minimum atomic E-state index is -0.990. The van der Waals surface area contributed by atoms with E-state index in [0.717, 1.165) is 68.9 Å². The Morgan fingerprint density at radius 3 is 1.19 bits per heavy atom. The lowest BCUT2D eigenvalue weighted by Gasteiger charge is -2.37. The number of Topliss-reactive ketones (excluding diaryl/α,β-unsaturated/α-hetero) is 2. The smallest absolute Gasteiger partial charge is 0.375 e. The number of aromatic nitrogens is 8. The van der Waals surface area contributed by atoms with Crippen molar-refractivity contribution < 1.29 is 57.6 Å². The number of hydrogen-bond donors (Lipinski definition) is 2. The molecule has 25 nitrogen and oxygen atoms in total. The van der Waals surface area contributed by atoms with Gasteiger partial charge in [-0.1, -0.05) is 104 Å². The lowest BCUT2D eigenvalue weighted by molar-refractivity contribution is -0.154. The van der Waals surface area contributed by atoms with Crippen LogP contribution in [0.3, 0.4) is 0 Å². The third kappa shape index (κ3) is 25.9. The second-order valence-electron chi connectivity index (χ2n) is 29.2. The van der Waals surface area contributed by atoms with Gasteiger partial charge in [0.05, 0.1) is 49.9 Å². The Kier molecular flexibility index (Phi) is 30.6. The van der Waals surface area contributed by atoms with Crippen LogP contribution < -0.4 is 15.5 Å². The SMILES string of the molecule is CC(C)(C)c1cc(C(=O)O)nc(N2CCC(N3CCCC3)CC2)n1.CCOC(=O)C(=O)CC(=O)C(C)(C)C.CCOC(=O)c1cc(C(C)(C)C)[nH]c(=O)n1.CCOC(=O)c1cc(C(C)(C)C)nc(Cl)n1.CCOC(=O)c1cc(C(C)(C)C)nc(N2CCC(N3CCCC3)CC2)n1. The van der Waals surface area contributed by atoms with Gasteiger partial charge in [0.25, 0.3) is 0 Å². The number of aromatic carboxylic acids is 1. The van der Waals surface area contributed by atoms with Crippen LogP contribution in [0, 0.1) is 5.41 Å². The molecule has 96 heavy (non-hydrogen) atoms. The van der Waals surface area contributed by atoms with E-state index in [0.29, 0.717) is 48.6 Å². The number of anilines is 2. The molecule has 0 atom stereocenters. The number of carbonyl (C=O) groups excluding carboxylic acids is 6. The zero-order valence-corrected chi connectivity index (χ0v) is 61.2. The first-order valence-corrected chi connectivity index (χ1v) is 34.0. The van der Waals surface area contributed by atoms with Crippen LogP contribution in [0.15, 0.2) is 29.1 Å². The molecule has 8 heterocycles. The van der Waals surface area contributed by atoms with Crippen LogP contribution in [0.25, 0.3) is 0 Å². The lowest BCUT2D eigenvalue weighted by atomic mass is 9.88. The molecule has 0 bridgehead atoms. The predicted molar refractivity (Wildman–Crippen MR) is 368 cm³/mol. The molecule has 0 aromatic carbocycles. The van der Waals surface area contributed by atoms with E-state index < -0.39 is 40.8 Å². The Hall–Kier alpha value is -7.38. The van der Waals surface area contributed by atoms with Crippen LogP contribution in [-0.2, 0) is 55.0 Å². The van der Waals surface area contributed by atoms with Crippen LogP contribution in [0.5, 0.6) is 0 Å². The summed E-state index contributed by atoms with van der Waals surface area (Å²) < 4.78 is 19.3. The Balaban J connectivity index is 0.000000261. The van der Waals surface area contributed by atoms with Crippen LogP contribution in [0.2, 0.25) is 5.28 Å². The molecule has 8 rings (SSSR count). The van der Waals surface area contributed by atoms with E-state index >= 15 is 0 Å². The number of H-pyrrole nitrogens is 1. The number of carboxylic acids is 1. The number of carboxylic acid groups (broad SMARTS) is 1. The summed E-state index contributed by atoms with van der Waals surface area (Å²) in [5, 5.41) is 9.43. The summed E-state index contributed by atoms with van der Waals surface area (Å²) in [7, 11) is 0. The fourth-order valence-electron chi connectivity index (χ4n) is 10.4. The number of esters is 4. The van der Waals surface area contributed by atoms with Gasteiger partial charge in [-0.15, -0.1) is 0 Å². The monoisotopic (exact) mass is 1360 g/mol. The third-order valence-electron chi connectivity index (χ3n) is 16.1. The van der Waals surface area contributed by atoms with Crippen molar-refractivity contribution in [3.63, 3.8) is 0 Å². The number of piperidine rings is 2. The molecule has 0 amide bonds. The molecule has 532 valence electrons. The van der Waals surface area contributed by atoms with Crippen molar-refractivity contribution in [2.45, 2.75) is 223 Å². The lowest BCUT2D eigenvalue weighted by Crippen LogP contribution is -2.44. The van der Waals surface area contributed by atoms with E-state index in [9.17, 15) is 43.5 Å². The number of nitrogens with zero attached hydrogens (tertiary/aromatic N) is 11. The maximum absolute atomic E-state index is 12.2. The first-order chi connectivity index (χ1) is 44.7. The number of ketones is 2. The second kappa shape index (κ2) is 36.3. The van der Waals surface area contributed by atoms with Gasteiger partial charge >= 0.3 is 35.5 Å². The fourth-order valence-corrected chi connectivity index (χ4v) is 10.6. The first-order valence-electron chi connectivity index (χ1n) is 33.6. The molecule has 4 saturated heterocycles. The number of hydrogen-bond acceptors (Lipinski definition) is 23. The summed E-state index contributed by atoms with van der Waals surface area (Å²) >= 11 is 5.77. The van der Waals surface area contributed by atoms with Crippen molar-refractivity contribution in [2.24, 2.45) is 5.41 Å². The van der Waals surface area contributed by atoms with E-state index in [4.69, 9.17) is 30.8 Å². The van der Waals surface area contributed by atoms with Gasteiger partial charge in [0.1, 0.15) is 5.78 Å². The molecular formula is C70H107ClN12O13. The molecular weight excluding hydrogens is 1250 g/mol. The Labute approximate surface area is 572 Å². The highest BCUT2D eigenvalue weighted by Crippen LogP contribution is 2.30. The molecule has 4 aromatic heterocycles. The minimum Gasteiger partial charge on any atom is -0.477 e. The van der Waals surface area contributed by atoms with Gasteiger partial charge in [0, 0.05) is 71.0 Å². The summed E-state index contributed by atoms with van der Waals surface area (Å²) in [5.74, 6) is -3.12. The Morgan fingerprint density at radius 1 is 0.479 bits per heavy atom. The molecule has 2 N–H and O–H groups in total. The highest BCUT2D eigenvalue weighted by Gasteiger charge is 2.33. The van der Waals surface area contributed by atoms with E-state index in [1.165, 1.54) is 51.9 Å². The van der Waals surface area contributed by atoms with Crippen LogP contribution in [-0.4, -0.2) is 187 Å². The quantitative estimate of drug-likeness (QED) is 0.0367. The molecule has 0 unspecified atom stereocenters. The van der Waals surface area contributed by atoms with Gasteiger partial charge in [0.2, 0.25) is 23.0 Å². The molecule has 0 saturated carbocycles. The number of likely N-dealkylation sites (tertiary alicyclic amines) is 2. The average molecular weight is 1360 g/mol. The summed E-state index contributed by atoms with van der Waals surface area (Å²) in [4.78, 5) is 133. The summed E-state index contributed by atoms with van der Waals surface area (Å²) in [5.41, 5.74) is 1.85. The molecule has 4 aromatic rings. The van der Waals surface area contributed by atoms with Crippen molar-refractivity contribution in [2.75, 3.05) is 88.6 Å². The standard InChI is InChI=1S/C20H32N4O2.C18H28N4O2.C11H15ClN2O2.C11H16N2O3.C10H16O4/c1-5-26-18(25)16-14-17(20(2,3)4)22-19(21-16)24-12-8-15(9-13-24)23-10-6-7-11-23;1-18(2,3)15-12-14(16(23)24)19-17(20-15)22-10-6-13(7-11-22)21-8-4-5-9-21;1-5-16-9(15)7-6-8(11(2,3)4)14-10(12)13-7;1-5-16-9(14)7-6-8(11(2,3)4)13-10(15)12-7;1-5-14-9(13)7(11)6-8(12)10(2,3)4/h14-15H,5-13H2,1-4H3;12-13H,4-11H2,1-3H3,(H,23,24);6H,5H2,1-4H3;6H,5H2,1-4H3,(H,12,13,15);5-6H2,1-4H3. The van der Waals surface area contributed by atoms with Crippen molar-refractivity contribution in [3.05, 3.63) is 85.6 Å². The van der Waals surface area contributed by atoms with Crippen molar-refractivity contribution in [3.8, 4) is 0 Å². The minimum absolute atomic E-state index is 0.0514. The van der Waals surface area contributed by atoms with Crippen LogP contribution in [0.4, 0.5) is 11.9 Å². The number of rotatable bonds is 15. The van der Waals surface area contributed by atoms with Gasteiger partial charge in [-0.05, 0) is 141 Å². The molecule has 0 spiro atoms. The molecule has 4 aliphatic heterocycles.